The van der Waals surface area contributed by atoms with Crippen molar-refractivity contribution in [1.29, 1.82) is 0 Å². The van der Waals surface area contributed by atoms with Gasteiger partial charge in [0.25, 0.3) is 0 Å². The van der Waals surface area contributed by atoms with E-state index in [0.29, 0.717) is 12.4 Å². The van der Waals surface area contributed by atoms with E-state index in [1.807, 2.05) is 12.1 Å². The van der Waals surface area contributed by atoms with Gasteiger partial charge in [-0.1, -0.05) is 71.3 Å². The van der Waals surface area contributed by atoms with Crippen molar-refractivity contribution in [3.05, 3.63) is 29.6 Å². The molecule has 0 amide bonds. The maximum absolute atomic E-state index is 14.2. The molecule has 1 aromatic rings. The molecule has 0 aliphatic heterocycles. The topological polar surface area (TPSA) is 9.23 Å². The first-order chi connectivity index (χ1) is 11.7. The summed E-state index contributed by atoms with van der Waals surface area (Å²) in [6.07, 6.45) is 14.0. The van der Waals surface area contributed by atoms with Crippen molar-refractivity contribution < 1.29 is 9.13 Å². The van der Waals surface area contributed by atoms with Crippen molar-refractivity contribution in [2.45, 2.75) is 84.5 Å². The Morgan fingerprint density at radius 2 is 1.67 bits per heavy atom. The van der Waals surface area contributed by atoms with Gasteiger partial charge < -0.3 is 4.74 Å². The highest BCUT2D eigenvalue weighted by Crippen LogP contribution is 2.34. The predicted molar refractivity (Wildman–Crippen MR) is 100 cm³/mol. The van der Waals surface area contributed by atoms with Gasteiger partial charge in [0, 0.05) is 6.07 Å². The van der Waals surface area contributed by atoms with E-state index in [2.05, 4.69) is 13.8 Å². The molecule has 2 heteroatoms. The Morgan fingerprint density at radius 1 is 0.958 bits per heavy atom. The van der Waals surface area contributed by atoms with Crippen molar-refractivity contribution in [2.24, 2.45) is 11.8 Å². The predicted octanol–water partition coefficient (Wildman–Crippen LogP) is 6.93. The number of hydrogen-bond donors (Lipinski definition) is 0. The van der Waals surface area contributed by atoms with Gasteiger partial charge in [-0.25, -0.2) is 4.39 Å². The lowest BCUT2D eigenvalue weighted by atomic mass is 9.78. The maximum Gasteiger partial charge on any atom is 0.130 e. The largest absolute Gasteiger partial charge is 0.494 e. The van der Waals surface area contributed by atoms with Gasteiger partial charge in [-0.15, -0.1) is 0 Å². The fraction of sp³-hybridized carbons (Fsp3) is 0.727. The minimum absolute atomic E-state index is 0.100. The molecule has 0 aromatic heterocycles. The SMILES string of the molecule is CCCCCC1CCC(CCc2ccc(OCCC)cc2F)CC1. The van der Waals surface area contributed by atoms with E-state index in [4.69, 9.17) is 4.74 Å². The van der Waals surface area contributed by atoms with Crippen LogP contribution in [0.5, 0.6) is 5.75 Å². The van der Waals surface area contributed by atoms with Gasteiger partial charge in [0.05, 0.1) is 6.61 Å². The molecule has 0 radical (unpaired) electrons. The molecule has 1 aliphatic carbocycles. The molecule has 0 N–H and O–H groups in total. The van der Waals surface area contributed by atoms with E-state index in [0.717, 1.165) is 36.7 Å². The highest BCUT2D eigenvalue weighted by molar-refractivity contribution is 5.29. The number of hydrogen-bond acceptors (Lipinski definition) is 1. The van der Waals surface area contributed by atoms with Gasteiger partial charge in [-0.05, 0) is 42.7 Å². The molecule has 1 nitrogen and oxygen atoms in total. The normalized spacial score (nSPS) is 21.0. The molecular weight excluding hydrogens is 299 g/mol. The lowest BCUT2D eigenvalue weighted by molar-refractivity contribution is 0.248. The zero-order valence-corrected chi connectivity index (χ0v) is 15.7. The molecule has 0 spiro atoms. The summed E-state index contributed by atoms with van der Waals surface area (Å²) in [4.78, 5) is 0. The van der Waals surface area contributed by atoms with Crippen molar-refractivity contribution in [1.82, 2.24) is 0 Å². The molecule has 0 saturated heterocycles. The van der Waals surface area contributed by atoms with Crippen molar-refractivity contribution in [3.8, 4) is 5.75 Å². The third-order valence-electron chi connectivity index (χ3n) is 5.50. The number of aryl methyl sites for hydroxylation is 1. The minimum atomic E-state index is -0.100. The second-order valence-corrected chi connectivity index (χ2v) is 7.52. The van der Waals surface area contributed by atoms with Crippen molar-refractivity contribution >= 4 is 0 Å². The van der Waals surface area contributed by atoms with Crippen LogP contribution >= 0.6 is 0 Å². The van der Waals surface area contributed by atoms with Crippen LogP contribution < -0.4 is 4.74 Å². The lowest BCUT2D eigenvalue weighted by Gasteiger charge is -2.28. The number of rotatable bonds is 10. The summed E-state index contributed by atoms with van der Waals surface area (Å²) in [5, 5.41) is 0. The monoisotopic (exact) mass is 334 g/mol. The summed E-state index contributed by atoms with van der Waals surface area (Å²) < 4.78 is 19.7. The van der Waals surface area contributed by atoms with Gasteiger partial charge in [0.1, 0.15) is 11.6 Å². The minimum Gasteiger partial charge on any atom is -0.494 e. The van der Waals surface area contributed by atoms with Crippen LogP contribution in [0.2, 0.25) is 0 Å². The lowest BCUT2D eigenvalue weighted by Crippen LogP contribution is -2.15. The summed E-state index contributed by atoms with van der Waals surface area (Å²) in [7, 11) is 0. The van der Waals surface area contributed by atoms with E-state index in [1.54, 1.807) is 6.07 Å². The summed E-state index contributed by atoms with van der Waals surface area (Å²) in [5.41, 5.74) is 0.851. The molecule has 0 bridgehead atoms. The van der Waals surface area contributed by atoms with Crippen LogP contribution in [0.3, 0.4) is 0 Å². The van der Waals surface area contributed by atoms with Crippen LogP contribution in [0.4, 0.5) is 4.39 Å². The van der Waals surface area contributed by atoms with E-state index in [1.165, 1.54) is 51.4 Å². The van der Waals surface area contributed by atoms with E-state index < -0.39 is 0 Å². The summed E-state index contributed by atoms with van der Waals surface area (Å²) >= 11 is 0. The summed E-state index contributed by atoms with van der Waals surface area (Å²) in [6, 6.07) is 5.38. The zero-order chi connectivity index (χ0) is 17.2. The third-order valence-corrected chi connectivity index (χ3v) is 5.50. The summed E-state index contributed by atoms with van der Waals surface area (Å²) in [5.74, 6) is 2.31. The molecule has 2 rings (SSSR count). The zero-order valence-electron chi connectivity index (χ0n) is 15.7. The Hall–Kier alpha value is -1.05. The van der Waals surface area contributed by atoms with E-state index in [-0.39, 0.29) is 5.82 Å². The first-order valence-corrected chi connectivity index (χ1v) is 10.1. The Morgan fingerprint density at radius 3 is 2.29 bits per heavy atom. The fourth-order valence-electron chi connectivity index (χ4n) is 3.89. The van der Waals surface area contributed by atoms with Crippen LogP contribution in [-0.4, -0.2) is 6.61 Å². The average molecular weight is 335 g/mol. The molecule has 0 unspecified atom stereocenters. The molecule has 0 atom stereocenters. The number of unbranched alkanes of at least 4 members (excludes halogenated alkanes) is 2. The van der Waals surface area contributed by atoms with E-state index in [9.17, 15) is 4.39 Å². The van der Waals surface area contributed by atoms with Crippen LogP contribution in [0.25, 0.3) is 0 Å². The Bertz CT molecular complexity index is 463. The molecule has 24 heavy (non-hydrogen) atoms. The quantitative estimate of drug-likeness (QED) is 0.421. The molecule has 1 aromatic carbocycles. The van der Waals surface area contributed by atoms with Crippen LogP contribution in [-0.2, 0) is 6.42 Å². The number of halogens is 1. The Labute approximate surface area is 148 Å². The Balaban J connectivity index is 1.70. The molecule has 1 saturated carbocycles. The molecule has 1 aliphatic rings. The standard InChI is InChI=1S/C22H35FO/c1-3-5-6-7-18-8-10-19(11-9-18)12-13-20-14-15-21(17-22(20)23)24-16-4-2/h14-15,17-19H,3-13,16H2,1-2H3. The smallest absolute Gasteiger partial charge is 0.130 e. The highest BCUT2D eigenvalue weighted by Gasteiger charge is 2.21. The molecule has 1 fully saturated rings. The first kappa shape index (κ1) is 19.3. The van der Waals surface area contributed by atoms with Gasteiger partial charge >= 0.3 is 0 Å². The van der Waals surface area contributed by atoms with Crippen LogP contribution in [0, 0.1) is 17.7 Å². The molecular formula is C22H35FO. The third kappa shape index (κ3) is 6.45. The fourth-order valence-corrected chi connectivity index (χ4v) is 3.89. The second kappa shape index (κ2) is 10.7. The average Bonchev–Trinajstić information content (AvgIpc) is 2.60. The molecule has 136 valence electrons. The number of benzene rings is 1. The first-order valence-electron chi connectivity index (χ1n) is 10.1. The van der Waals surface area contributed by atoms with Gasteiger partial charge in [-0.3, -0.25) is 0 Å². The second-order valence-electron chi connectivity index (χ2n) is 7.52. The van der Waals surface area contributed by atoms with Gasteiger partial charge in [0.15, 0.2) is 0 Å². The van der Waals surface area contributed by atoms with Crippen molar-refractivity contribution in [3.63, 3.8) is 0 Å². The van der Waals surface area contributed by atoms with Crippen LogP contribution in [0.15, 0.2) is 18.2 Å². The molecule has 0 heterocycles. The van der Waals surface area contributed by atoms with Crippen LogP contribution in [0.1, 0.15) is 83.6 Å². The Kier molecular flexibility index (Phi) is 8.63. The highest BCUT2D eigenvalue weighted by atomic mass is 19.1. The van der Waals surface area contributed by atoms with Gasteiger partial charge in [-0.2, -0.15) is 0 Å². The van der Waals surface area contributed by atoms with E-state index >= 15 is 0 Å². The van der Waals surface area contributed by atoms with Gasteiger partial charge in [0.2, 0.25) is 0 Å². The summed E-state index contributed by atoms with van der Waals surface area (Å²) in [6.45, 7) is 4.99. The van der Waals surface area contributed by atoms with Crippen molar-refractivity contribution in [2.75, 3.05) is 6.61 Å². The number of ether oxygens (including phenoxy) is 1. The maximum atomic E-state index is 14.2.